The van der Waals surface area contributed by atoms with Crippen LogP contribution in [0.1, 0.15) is 5.56 Å². The van der Waals surface area contributed by atoms with Crippen molar-refractivity contribution in [2.75, 3.05) is 0 Å². The van der Waals surface area contributed by atoms with E-state index in [0.29, 0.717) is 0 Å². The lowest BCUT2D eigenvalue weighted by Crippen LogP contribution is -2.07. The van der Waals surface area contributed by atoms with Crippen molar-refractivity contribution in [3.63, 3.8) is 0 Å². The van der Waals surface area contributed by atoms with E-state index in [0.717, 1.165) is 0 Å². The van der Waals surface area contributed by atoms with Gasteiger partial charge in [-0.25, -0.2) is 18.2 Å². The molecule has 0 radical (unpaired) electrons. The Morgan fingerprint density at radius 1 is 0.950 bits per heavy atom. The second-order valence-electron chi connectivity index (χ2n) is 3.64. The Balaban J connectivity index is 2.33. The zero-order valence-corrected chi connectivity index (χ0v) is 10.3. The summed E-state index contributed by atoms with van der Waals surface area (Å²) in [5, 5.41) is -0.00336. The highest BCUT2D eigenvalue weighted by Gasteiger charge is 2.27. The van der Waals surface area contributed by atoms with Gasteiger partial charge in [0.25, 0.3) is 0 Å². The molecule has 0 saturated heterocycles. The first-order valence-corrected chi connectivity index (χ1v) is 5.55. The highest BCUT2D eigenvalue weighted by Crippen LogP contribution is 2.30. The summed E-state index contributed by atoms with van der Waals surface area (Å²) in [6.07, 6.45) is 1.37. The van der Waals surface area contributed by atoms with Crippen molar-refractivity contribution in [3.8, 4) is 5.75 Å². The fraction of sp³-hybridized carbons (Fsp3) is 0.0833. The third-order valence-electron chi connectivity index (χ3n) is 2.38. The van der Waals surface area contributed by atoms with Gasteiger partial charge in [-0.2, -0.15) is 8.78 Å². The van der Waals surface area contributed by atoms with Crippen LogP contribution in [0.4, 0.5) is 22.0 Å². The number of benzene rings is 1. The molecule has 0 unspecified atom stereocenters. The number of hydrogen-bond acceptors (Lipinski definition) is 2. The molecule has 2 aromatic rings. The van der Waals surface area contributed by atoms with Gasteiger partial charge in [0.05, 0.1) is 0 Å². The molecule has 0 saturated carbocycles. The van der Waals surface area contributed by atoms with Crippen LogP contribution in [0.5, 0.6) is 5.75 Å². The molecule has 0 aliphatic heterocycles. The van der Waals surface area contributed by atoms with Crippen LogP contribution in [-0.4, -0.2) is 4.98 Å². The van der Waals surface area contributed by atoms with Crippen molar-refractivity contribution in [2.45, 2.75) is 6.61 Å². The molecule has 2 rings (SSSR count). The van der Waals surface area contributed by atoms with E-state index in [2.05, 4.69) is 9.72 Å². The molecule has 0 amide bonds. The summed E-state index contributed by atoms with van der Waals surface area (Å²) in [7, 11) is 0. The van der Waals surface area contributed by atoms with Crippen LogP contribution in [0.3, 0.4) is 0 Å². The van der Waals surface area contributed by atoms with E-state index in [4.69, 9.17) is 11.6 Å². The molecule has 0 aliphatic rings. The van der Waals surface area contributed by atoms with Gasteiger partial charge in [-0.15, -0.1) is 0 Å². The first kappa shape index (κ1) is 14.5. The Kier molecular flexibility index (Phi) is 4.08. The van der Waals surface area contributed by atoms with Gasteiger partial charge in [0, 0.05) is 11.8 Å². The number of ether oxygens (including phenoxy) is 1. The van der Waals surface area contributed by atoms with E-state index in [9.17, 15) is 22.0 Å². The minimum Gasteiger partial charge on any atom is -0.483 e. The molecule has 106 valence electrons. The topological polar surface area (TPSA) is 22.1 Å². The molecule has 1 aromatic heterocycles. The SMILES string of the molecule is Fc1c(F)c(F)c(OCc2cccnc2Cl)c(F)c1F. The number of aromatic nitrogens is 1. The molecule has 8 heteroatoms. The Hall–Kier alpha value is -1.89. The van der Waals surface area contributed by atoms with E-state index in [1.807, 2.05) is 0 Å². The number of nitrogens with zero attached hydrogens (tertiary/aromatic N) is 1. The summed E-state index contributed by atoms with van der Waals surface area (Å²) >= 11 is 5.67. The zero-order chi connectivity index (χ0) is 14.9. The Morgan fingerprint density at radius 3 is 2.05 bits per heavy atom. The van der Waals surface area contributed by atoms with Gasteiger partial charge in [-0.3, -0.25) is 0 Å². The van der Waals surface area contributed by atoms with E-state index in [1.165, 1.54) is 18.3 Å². The van der Waals surface area contributed by atoms with Crippen LogP contribution in [0, 0.1) is 29.1 Å². The van der Waals surface area contributed by atoms with Crippen LogP contribution in [0.2, 0.25) is 5.15 Å². The lowest BCUT2D eigenvalue weighted by Gasteiger charge is -2.10. The highest BCUT2D eigenvalue weighted by atomic mass is 35.5. The molecule has 0 atom stereocenters. The second kappa shape index (κ2) is 5.62. The summed E-state index contributed by atoms with van der Waals surface area (Å²) in [5.74, 6) is -11.8. The van der Waals surface area contributed by atoms with E-state index in [1.54, 1.807) is 0 Å². The van der Waals surface area contributed by atoms with Gasteiger partial charge >= 0.3 is 0 Å². The lowest BCUT2D eigenvalue weighted by atomic mass is 10.2. The third kappa shape index (κ3) is 2.53. The maximum Gasteiger partial charge on any atom is 0.207 e. The molecule has 0 bridgehead atoms. The van der Waals surface area contributed by atoms with E-state index >= 15 is 0 Å². The maximum absolute atomic E-state index is 13.3. The molecule has 0 fully saturated rings. The first-order chi connectivity index (χ1) is 9.43. The van der Waals surface area contributed by atoms with Gasteiger partial charge < -0.3 is 4.74 Å². The van der Waals surface area contributed by atoms with E-state index < -0.39 is 41.4 Å². The fourth-order valence-electron chi connectivity index (χ4n) is 1.39. The van der Waals surface area contributed by atoms with Crippen LogP contribution in [-0.2, 0) is 6.61 Å². The van der Waals surface area contributed by atoms with Gasteiger partial charge in [-0.1, -0.05) is 17.7 Å². The molecular weight excluding hydrogens is 305 g/mol. The van der Waals surface area contributed by atoms with Crippen LogP contribution in [0.25, 0.3) is 0 Å². The first-order valence-electron chi connectivity index (χ1n) is 5.17. The van der Waals surface area contributed by atoms with Gasteiger partial charge in [0.15, 0.2) is 5.75 Å². The second-order valence-corrected chi connectivity index (χ2v) is 4.00. The standard InChI is InChI=1S/C12H5ClF5NO/c13-12-5(2-1-3-19-12)4-20-11-9(17)7(15)6(14)8(16)10(11)18/h1-3H,4H2. The number of rotatable bonds is 3. The molecule has 0 spiro atoms. The number of halogens is 6. The zero-order valence-electron chi connectivity index (χ0n) is 9.56. The predicted octanol–water partition coefficient (Wildman–Crippen LogP) is 4.01. The molecule has 20 heavy (non-hydrogen) atoms. The minimum absolute atomic E-state index is 0.00336. The van der Waals surface area contributed by atoms with Crippen molar-refractivity contribution >= 4 is 11.6 Å². The van der Waals surface area contributed by atoms with Crippen LogP contribution < -0.4 is 4.74 Å². The summed E-state index contributed by atoms with van der Waals surface area (Å²) in [6, 6.07) is 2.91. The predicted molar refractivity (Wildman–Crippen MR) is 59.8 cm³/mol. The number of hydrogen-bond donors (Lipinski definition) is 0. The summed E-state index contributed by atoms with van der Waals surface area (Å²) in [6.45, 7) is -0.495. The van der Waals surface area contributed by atoms with Crippen molar-refractivity contribution in [1.82, 2.24) is 4.98 Å². The third-order valence-corrected chi connectivity index (χ3v) is 2.72. The summed E-state index contributed by atoms with van der Waals surface area (Å²) < 4.78 is 69.9. The summed E-state index contributed by atoms with van der Waals surface area (Å²) in [5.41, 5.74) is 0.234. The Morgan fingerprint density at radius 2 is 1.50 bits per heavy atom. The quantitative estimate of drug-likeness (QED) is 0.370. The Bertz CT molecular complexity index is 636. The molecular formula is C12H5ClF5NO. The average molecular weight is 310 g/mol. The molecule has 2 nitrogen and oxygen atoms in total. The molecule has 1 heterocycles. The fourth-order valence-corrected chi connectivity index (χ4v) is 1.56. The van der Waals surface area contributed by atoms with E-state index in [-0.39, 0.29) is 10.7 Å². The van der Waals surface area contributed by atoms with Crippen LogP contribution in [0.15, 0.2) is 18.3 Å². The largest absolute Gasteiger partial charge is 0.483 e. The van der Waals surface area contributed by atoms with Crippen molar-refractivity contribution in [3.05, 3.63) is 58.1 Å². The van der Waals surface area contributed by atoms with Crippen molar-refractivity contribution in [2.24, 2.45) is 0 Å². The Labute approximate surface area is 114 Å². The van der Waals surface area contributed by atoms with Crippen molar-refractivity contribution in [1.29, 1.82) is 0 Å². The average Bonchev–Trinajstić information content (AvgIpc) is 2.45. The highest BCUT2D eigenvalue weighted by molar-refractivity contribution is 6.30. The summed E-state index contributed by atoms with van der Waals surface area (Å²) in [4.78, 5) is 3.68. The van der Waals surface area contributed by atoms with Crippen LogP contribution >= 0.6 is 11.6 Å². The minimum atomic E-state index is -2.24. The van der Waals surface area contributed by atoms with Gasteiger partial charge in [0.2, 0.25) is 29.1 Å². The maximum atomic E-state index is 13.3. The smallest absolute Gasteiger partial charge is 0.207 e. The van der Waals surface area contributed by atoms with Gasteiger partial charge in [0.1, 0.15) is 11.8 Å². The normalized spacial score (nSPS) is 10.7. The molecule has 1 aromatic carbocycles. The monoisotopic (exact) mass is 309 g/mol. The molecule has 0 aliphatic carbocycles. The molecule has 0 N–H and O–H groups in total. The lowest BCUT2D eigenvalue weighted by molar-refractivity contribution is 0.253. The van der Waals surface area contributed by atoms with Gasteiger partial charge in [-0.05, 0) is 6.07 Å². The van der Waals surface area contributed by atoms with Crippen molar-refractivity contribution < 1.29 is 26.7 Å². The number of pyridine rings is 1.